The van der Waals surface area contributed by atoms with Crippen molar-refractivity contribution in [3.8, 4) is 0 Å². The van der Waals surface area contributed by atoms with Crippen molar-refractivity contribution in [2.75, 3.05) is 0 Å². The van der Waals surface area contributed by atoms with Gasteiger partial charge in [0.1, 0.15) is 0 Å². The summed E-state index contributed by atoms with van der Waals surface area (Å²) in [4.78, 5) is 0. The van der Waals surface area contributed by atoms with Gasteiger partial charge in [-0.15, -0.1) is 0 Å². The molecule has 0 aliphatic carbocycles. The summed E-state index contributed by atoms with van der Waals surface area (Å²) in [5, 5.41) is 0.528. The van der Waals surface area contributed by atoms with Crippen LogP contribution in [0.5, 0.6) is 0 Å². The van der Waals surface area contributed by atoms with Gasteiger partial charge in [0.15, 0.2) is 0 Å². The van der Waals surface area contributed by atoms with Gasteiger partial charge in [-0.25, -0.2) is 0 Å². The van der Waals surface area contributed by atoms with E-state index in [2.05, 4.69) is 20.8 Å². The van der Waals surface area contributed by atoms with Crippen LogP contribution in [-0.2, 0) is 20.4 Å². The summed E-state index contributed by atoms with van der Waals surface area (Å²) < 4.78 is 0. The van der Waals surface area contributed by atoms with Gasteiger partial charge in [0.25, 0.3) is 0 Å². The molecule has 0 aromatic heterocycles. The Balaban J connectivity index is 0. The maximum absolute atomic E-state index is 2.20. The van der Waals surface area contributed by atoms with Gasteiger partial charge in [-0.3, -0.25) is 0 Å². The molecule has 2 heteroatoms. The predicted octanol–water partition coefficient (Wildman–Crippen LogP) is 1.39. The summed E-state index contributed by atoms with van der Waals surface area (Å²) in [6.45, 7) is 6.60. The third kappa shape index (κ3) is 71.5. The van der Waals surface area contributed by atoms with Gasteiger partial charge in [-0.2, -0.15) is 0 Å². The van der Waals surface area contributed by atoms with Crippen molar-refractivity contribution in [1.82, 2.24) is 0 Å². The topological polar surface area (TPSA) is 0 Å². The van der Waals surface area contributed by atoms with Crippen molar-refractivity contribution in [1.29, 1.82) is 0 Å². The average molecular weight is 198 g/mol. The molecule has 0 radical (unpaired) electrons. The Bertz CT molecular complexity index is 23.0. The van der Waals surface area contributed by atoms with Gasteiger partial charge in [0, 0.05) is 0 Å². The van der Waals surface area contributed by atoms with Crippen molar-refractivity contribution >= 4 is 9.24 Å². The van der Waals surface area contributed by atoms with E-state index < -0.39 is 0 Å². The Labute approximate surface area is 55.9 Å². The standard InChI is InChI=1S/C4H11P.Pd/c1-4(2,3)5;/h5H2,1-3H3;/q;+2/p+1. The van der Waals surface area contributed by atoms with E-state index in [-0.39, 0.29) is 20.4 Å². The molecule has 0 bridgehead atoms. The van der Waals surface area contributed by atoms with E-state index in [0.717, 1.165) is 0 Å². The van der Waals surface area contributed by atoms with Crippen LogP contribution in [0, 0.1) is 0 Å². The Morgan fingerprint density at radius 3 is 1.17 bits per heavy atom. The Morgan fingerprint density at radius 1 is 1.17 bits per heavy atom. The fourth-order valence-corrected chi connectivity index (χ4v) is 0. The summed E-state index contributed by atoms with van der Waals surface area (Å²) in [5.74, 6) is 0. The first-order valence-electron chi connectivity index (χ1n) is 1.85. The van der Waals surface area contributed by atoms with Gasteiger partial charge in [0.2, 0.25) is 0 Å². The van der Waals surface area contributed by atoms with Crippen LogP contribution in [0.25, 0.3) is 0 Å². The SMILES string of the molecule is CC(C)(C)[PH3+].[Pd+2]. The van der Waals surface area contributed by atoms with E-state index in [4.69, 9.17) is 0 Å². The van der Waals surface area contributed by atoms with E-state index in [1.807, 2.05) is 9.24 Å². The summed E-state index contributed by atoms with van der Waals surface area (Å²) in [6, 6.07) is 0. The summed E-state index contributed by atoms with van der Waals surface area (Å²) in [5.41, 5.74) is 0. The molecule has 1 unspecified atom stereocenters. The van der Waals surface area contributed by atoms with Gasteiger partial charge in [-0.05, 0) is 30.0 Å². The zero-order valence-corrected chi connectivity index (χ0v) is 7.49. The Morgan fingerprint density at radius 2 is 1.17 bits per heavy atom. The second kappa shape index (κ2) is 3.14. The van der Waals surface area contributed by atoms with Crippen molar-refractivity contribution < 1.29 is 20.4 Å². The minimum absolute atomic E-state index is 0. The van der Waals surface area contributed by atoms with Gasteiger partial charge < -0.3 is 0 Å². The molecule has 0 aliphatic rings. The van der Waals surface area contributed by atoms with E-state index in [9.17, 15) is 0 Å². The molecule has 0 saturated carbocycles. The number of rotatable bonds is 0. The monoisotopic (exact) mass is 197 g/mol. The maximum atomic E-state index is 2.20. The van der Waals surface area contributed by atoms with Crippen LogP contribution < -0.4 is 0 Å². The van der Waals surface area contributed by atoms with Crippen LogP contribution in [-0.4, -0.2) is 5.16 Å². The van der Waals surface area contributed by atoms with Crippen LogP contribution in [0.4, 0.5) is 0 Å². The molecule has 0 amide bonds. The minimum Gasteiger partial charge on any atom is -0.0264 e. The predicted molar refractivity (Wildman–Crippen MR) is 30.9 cm³/mol. The van der Waals surface area contributed by atoms with Crippen LogP contribution in [0.2, 0.25) is 0 Å². The van der Waals surface area contributed by atoms with E-state index in [0.29, 0.717) is 5.16 Å². The summed E-state index contributed by atoms with van der Waals surface area (Å²) in [7, 11) is 2.01. The van der Waals surface area contributed by atoms with E-state index in [1.165, 1.54) is 0 Å². The largest absolute Gasteiger partial charge is 2.00 e. The van der Waals surface area contributed by atoms with Crippen molar-refractivity contribution in [3.63, 3.8) is 0 Å². The Kier molecular flexibility index (Phi) is 5.31. The van der Waals surface area contributed by atoms with Crippen LogP contribution >= 0.6 is 9.24 Å². The number of hydrogen-bond donors (Lipinski definition) is 0. The molecule has 0 N–H and O–H groups in total. The summed E-state index contributed by atoms with van der Waals surface area (Å²) >= 11 is 0. The molecule has 0 fully saturated rings. The van der Waals surface area contributed by atoms with Crippen LogP contribution in [0.15, 0.2) is 0 Å². The molecule has 0 saturated heterocycles. The molecule has 0 heterocycles. The third-order valence-corrected chi connectivity index (χ3v) is 0. The first-order chi connectivity index (χ1) is 2.00. The molecule has 0 aromatic rings. The third-order valence-electron chi connectivity index (χ3n) is 0. The normalized spacial score (nSPS) is 10.5. The molecular formula is C4H12PPd+3. The first kappa shape index (κ1) is 10.2. The summed E-state index contributed by atoms with van der Waals surface area (Å²) in [6.07, 6.45) is 0. The van der Waals surface area contributed by atoms with Gasteiger partial charge >= 0.3 is 20.4 Å². The first-order valence-corrected chi connectivity index (χ1v) is 2.56. The fourth-order valence-electron chi connectivity index (χ4n) is 0. The molecular weight excluding hydrogens is 185 g/mol. The molecule has 40 valence electrons. The van der Waals surface area contributed by atoms with Crippen molar-refractivity contribution in [2.24, 2.45) is 0 Å². The number of hydrogen-bond acceptors (Lipinski definition) is 0. The van der Waals surface area contributed by atoms with Crippen molar-refractivity contribution in [3.05, 3.63) is 0 Å². The van der Waals surface area contributed by atoms with Gasteiger partial charge in [0.05, 0.1) is 5.16 Å². The van der Waals surface area contributed by atoms with Crippen molar-refractivity contribution in [2.45, 2.75) is 25.9 Å². The molecule has 0 rings (SSSR count). The van der Waals surface area contributed by atoms with E-state index in [1.54, 1.807) is 0 Å². The zero-order chi connectivity index (χ0) is 4.50. The van der Waals surface area contributed by atoms with E-state index >= 15 is 0 Å². The van der Waals surface area contributed by atoms with Crippen LogP contribution in [0.3, 0.4) is 0 Å². The molecule has 0 spiro atoms. The molecule has 0 aliphatic heterocycles. The quantitative estimate of drug-likeness (QED) is 0.407. The fraction of sp³-hybridized carbons (Fsp3) is 1.00. The second-order valence-corrected chi connectivity index (χ2v) is 4.68. The molecule has 6 heavy (non-hydrogen) atoms. The zero-order valence-electron chi connectivity index (χ0n) is 4.52. The molecule has 0 aromatic carbocycles. The smallest absolute Gasteiger partial charge is 0.0264 e. The van der Waals surface area contributed by atoms with Gasteiger partial charge in [-0.1, -0.05) is 0 Å². The second-order valence-electron chi connectivity index (χ2n) is 2.56. The Hall–Kier alpha value is 1.09. The maximum Gasteiger partial charge on any atom is 2.00 e. The van der Waals surface area contributed by atoms with Crippen LogP contribution in [0.1, 0.15) is 20.8 Å². The average Bonchev–Trinajstić information content (AvgIpc) is 0.722. The minimum atomic E-state index is 0. The molecule has 0 nitrogen and oxygen atoms in total. The molecule has 1 atom stereocenters.